The molecule has 32 heavy (non-hydrogen) atoms. The van der Waals surface area contributed by atoms with E-state index in [4.69, 9.17) is 4.74 Å². The van der Waals surface area contributed by atoms with Crippen LogP contribution in [-0.2, 0) is 16.0 Å². The Bertz CT molecular complexity index is 1090. The van der Waals surface area contributed by atoms with E-state index in [-0.39, 0.29) is 25.0 Å². The highest BCUT2D eigenvalue weighted by Crippen LogP contribution is 2.44. The van der Waals surface area contributed by atoms with Crippen LogP contribution in [0.2, 0.25) is 0 Å². The fraction of sp³-hybridized carbons (Fsp3) is 0.259. The number of carboxylic acids is 1. The monoisotopic (exact) mass is 427 g/mol. The highest BCUT2D eigenvalue weighted by molar-refractivity contribution is 5.82. The quantitative estimate of drug-likeness (QED) is 0.570. The molecular formula is C27H25NO4. The second kappa shape index (κ2) is 8.50. The summed E-state index contributed by atoms with van der Waals surface area (Å²) in [6.07, 6.45) is 1.33. The highest BCUT2D eigenvalue weighted by atomic mass is 16.6. The minimum absolute atomic E-state index is 0.0511. The summed E-state index contributed by atoms with van der Waals surface area (Å²) in [6.45, 7) is 0.188. The lowest BCUT2D eigenvalue weighted by molar-refractivity contribution is -0.143. The first-order chi connectivity index (χ1) is 15.6. The van der Waals surface area contributed by atoms with E-state index in [0.29, 0.717) is 0 Å². The van der Waals surface area contributed by atoms with Crippen molar-refractivity contribution >= 4 is 12.1 Å². The lowest BCUT2D eigenvalue weighted by atomic mass is 9.98. The van der Waals surface area contributed by atoms with Crippen molar-refractivity contribution in [1.82, 2.24) is 4.90 Å². The van der Waals surface area contributed by atoms with Gasteiger partial charge < -0.3 is 9.84 Å². The molecule has 0 radical (unpaired) electrons. The predicted molar refractivity (Wildman–Crippen MR) is 121 cm³/mol. The van der Waals surface area contributed by atoms with E-state index < -0.39 is 18.1 Å². The molecule has 0 saturated heterocycles. The number of fused-ring (bicyclic) bond motifs is 3. The van der Waals surface area contributed by atoms with Crippen molar-refractivity contribution in [1.29, 1.82) is 0 Å². The van der Waals surface area contributed by atoms with Crippen LogP contribution in [0.4, 0.5) is 4.79 Å². The number of carbonyl (C=O) groups excluding carboxylic acids is 1. The number of rotatable bonds is 7. The van der Waals surface area contributed by atoms with E-state index in [2.05, 4.69) is 24.3 Å². The molecule has 1 atom stereocenters. The van der Waals surface area contributed by atoms with Gasteiger partial charge in [-0.1, -0.05) is 78.9 Å². The third-order valence-electron chi connectivity index (χ3n) is 6.38. The maximum absolute atomic E-state index is 13.2. The molecule has 0 heterocycles. The van der Waals surface area contributed by atoms with E-state index in [1.165, 1.54) is 4.90 Å². The van der Waals surface area contributed by atoms with E-state index in [1.54, 1.807) is 0 Å². The summed E-state index contributed by atoms with van der Waals surface area (Å²) in [5.41, 5.74) is 5.49. The lowest BCUT2D eigenvalue weighted by Crippen LogP contribution is -2.48. The number of amides is 1. The fourth-order valence-corrected chi connectivity index (χ4v) is 4.69. The molecule has 0 spiro atoms. The van der Waals surface area contributed by atoms with Gasteiger partial charge in [0.1, 0.15) is 12.6 Å². The molecule has 1 saturated carbocycles. The molecule has 5 rings (SSSR count). The summed E-state index contributed by atoms with van der Waals surface area (Å²) in [4.78, 5) is 26.7. The topological polar surface area (TPSA) is 66.8 Å². The average molecular weight is 428 g/mol. The van der Waals surface area contributed by atoms with Crippen LogP contribution in [0.3, 0.4) is 0 Å². The van der Waals surface area contributed by atoms with Crippen molar-refractivity contribution in [2.75, 3.05) is 6.61 Å². The van der Waals surface area contributed by atoms with E-state index in [0.717, 1.165) is 40.7 Å². The number of nitrogens with zero attached hydrogens (tertiary/aromatic N) is 1. The zero-order valence-electron chi connectivity index (χ0n) is 17.7. The first-order valence-corrected chi connectivity index (χ1v) is 11.0. The van der Waals surface area contributed by atoms with Crippen molar-refractivity contribution in [2.45, 2.75) is 37.3 Å². The molecule has 162 valence electrons. The molecule has 1 N–H and O–H groups in total. The van der Waals surface area contributed by atoms with Crippen LogP contribution < -0.4 is 0 Å². The summed E-state index contributed by atoms with van der Waals surface area (Å²) in [5, 5.41) is 9.92. The molecule has 3 aromatic rings. The Morgan fingerprint density at radius 1 is 0.875 bits per heavy atom. The second-order valence-electron chi connectivity index (χ2n) is 8.49. The molecule has 0 aromatic heterocycles. The van der Waals surface area contributed by atoms with Crippen LogP contribution in [0.15, 0.2) is 78.9 Å². The maximum Gasteiger partial charge on any atom is 0.410 e. The molecule has 1 fully saturated rings. The van der Waals surface area contributed by atoms with Gasteiger partial charge in [-0.2, -0.15) is 0 Å². The normalized spacial score (nSPS) is 15.5. The van der Waals surface area contributed by atoms with Crippen LogP contribution in [0, 0.1) is 0 Å². The zero-order chi connectivity index (χ0) is 22.1. The highest BCUT2D eigenvalue weighted by Gasteiger charge is 2.42. The molecule has 0 bridgehead atoms. The van der Waals surface area contributed by atoms with E-state index in [1.807, 2.05) is 54.6 Å². The third-order valence-corrected chi connectivity index (χ3v) is 6.38. The summed E-state index contributed by atoms with van der Waals surface area (Å²) in [6, 6.07) is 24.7. The largest absolute Gasteiger partial charge is 0.480 e. The number of ether oxygens (including phenoxy) is 1. The molecule has 5 nitrogen and oxygen atoms in total. The Morgan fingerprint density at radius 3 is 2.00 bits per heavy atom. The van der Waals surface area contributed by atoms with Gasteiger partial charge in [-0.15, -0.1) is 0 Å². The molecule has 5 heteroatoms. The van der Waals surface area contributed by atoms with Gasteiger partial charge in [0.15, 0.2) is 0 Å². The Labute approximate surface area is 187 Å². The van der Waals surface area contributed by atoms with Crippen molar-refractivity contribution in [3.63, 3.8) is 0 Å². The zero-order valence-corrected chi connectivity index (χ0v) is 17.7. The van der Waals surface area contributed by atoms with Crippen LogP contribution in [0.25, 0.3) is 11.1 Å². The number of carboxylic acid groups (broad SMARTS) is 1. The summed E-state index contributed by atoms with van der Waals surface area (Å²) >= 11 is 0. The Balaban J connectivity index is 1.36. The standard InChI is InChI=1S/C27H25NO4/c29-26(30)25(16-18-8-2-1-3-9-18)28(19-14-15-19)27(31)32-17-24-22-12-6-4-10-20(22)21-11-5-7-13-23(21)24/h1-13,19,24-25H,14-17H2,(H,29,30)/t25-/m0/s1. The Morgan fingerprint density at radius 2 is 1.44 bits per heavy atom. The van der Waals surface area contributed by atoms with Gasteiger partial charge in [-0.25, -0.2) is 9.59 Å². The Kier molecular flexibility index (Phi) is 5.39. The molecular weight excluding hydrogens is 402 g/mol. The lowest BCUT2D eigenvalue weighted by Gasteiger charge is -2.29. The molecule has 3 aromatic carbocycles. The minimum atomic E-state index is -1.01. The Hall–Kier alpha value is -3.60. The van der Waals surface area contributed by atoms with E-state index in [9.17, 15) is 14.7 Å². The van der Waals surface area contributed by atoms with Gasteiger partial charge in [-0.05, 0) is 40.7 Å². The molecule has 0 aliphatic heterocycles. The summed E-state index contributed by atoms with van der Waals surface area (Å²) in [5.74, 6) is -1.06. The smallest absolute Gasteiger partial charge is 0.410 e. The van der Waals surface area contributed by atoms with Gasteiger partial charge in [0.25, 0.3) is 0 Å². The summed E-state index contributed by atoms with van der Waals surface area (Å²) < 4.78 is 5.80. The first-order valence-electron chi connectivity index (χ1n) is 11.0. The fourth-order valence-electron chi connectivity index (χ4n) is 4.69. The van der Waals surface area contributed by atoms with Crippen molar-refractivity contribution < 1.29 is 19.4 Å². The van der Waals surface area contributed by atoms with Crippen LogP contribution in [0.5, 0.6) is 0 Å². The van der Waals surface area contributed by atoms with Crippen LogP contribution in [0.1, 0.15) is 35.4 Å². The average Bonchev–Trinajstić information content (AvgIpc) is 3.60. The second-order valence-corrected chi connectivity index (χ2v) is 8.49. The van der Waals surface area contributed by atoms with Gasteiger partial charge in [0.05, 0.1) is 0 Å². The number of hydrogen-bond donors (Lipinski definition) is 1. The SMILES string of the molecule is O=C(O)[C@H](Cc1ccccc1)N(C(=O)OCC1c2ccccc2-c2ccccc21)C1CC1. The molecule has 0 unspecified atom stereocenters. The number of carbonyl (C=O) groups is 2. The maximum atomic E-state index is 13.2. The molecule has 2 aliphatic carbocycles. The van der Waals surface area contributed by atoms with E-state index >= 15 is 0 Å². The van der Waals surface area contributed by atoms with Crippen molar-refractivity contribution in [3.8, 4) is 11.1 Å². The predicted octanol–water partition coefficient (Wildman–Crippen LogP) is 5.10. The van der Waals surface area contributed by atoms with Crippen LogP contribution in [-0.4, -0.2) is 40.8 Å². The van der Waals surface area contributed by atoms with Crippen LogP contribution >= 0.6 is 0 Å². The van der Waals surface area contributed by atoms with Gasteiger partial charge in [0.2, 0.25) is 0 Å². The summed E-state index contributed by atoms with van der Waals surface area (Å²) in [7, 11) is 0. The third kappa shape index (κ3) is 3.86. The van der Waals surface area contributed by atoms with Crippen molar-refractivity contribution in [3.05, 3.63) is 95.6 Å². The number of aliphatic carboxylic acids is 1. The van der Waals surface area contributed by atoms with Gasteiger partial charge in [-0.3, -0.25) is 4.90 Å². The van der Waals surface area contributed by atoms with Crippen molar-refractivity contribution in [2.24, 2.45) is 0 Å². The molecule has 1 amide bonds. The molecule has 2 aliphatic rings. The number of hydrogen-bond acceptors (Lipinski definition) is 3. The van der Waals surface area contributed by atoms with Gasteiger partial charge in [0, 0.05) is 18.4 Å². The van der Waals surface area contributed by atoms with Gasteiger partial charge >= 0.3 is 12.1 Å². The first kappa shape index (κ1) is 20.3. The number of benzene rings is 3. The minimum Gasteiger partial charge on any atom is -0.480 e.